The molecule has 3 rings (SSSR count). The van der Waals surface area contributed by atoms with Crippen molar-refractivity contribution >= 4 is 22.0 Å². The Morgan fingerprint density at radius 2 is 1.80 bits per heavy atom. The van der Waals surface area contributed by atoms with Crippen LogP contribution < -0.4 is 10.6 Å². The maximum absolute atomic E-state index is 12.9. The molecule has 2 amide bonds. The second-order valence-corrected chi connectivity index (χ2v) is 9.36. The zero-order chi connectivity index (χ0) is 21.9. The molecule has 0 unspecified atom stereocenters. The molecular formula is C20H28N4O5S. The van der Waals surface area contributed by atoms with Gasteiger partial charge in [-0.25, -0.2) is 18.0 Å². The highest BCUT2D eigenvalue weighted by Gasteiger charge is 2.33. The van der Waals surface area contributed by atoms with Gasteiger partial charge in [0.05, 0.1) is 23.1 Å². The largest absolute Gasteiger partial charge is 0.463 e. The number of piperazine rings is 1. The summed E-state index contributed by atoms with van der Waals surface area (Å²) in [6.07, 6.45) is 0. The first-order valence-electron chi connectivity index (χ1n) is 9.99. The number of benzene rings is 1. The van der Waals surface area contributed by atoms with Gasteiger partial charge < -0.3 is 15.4 Å². The van der Waals surface area contributed by atoms with E-state index in [0.717, 1.165) is 5.56 Å². The molecule has 2 N–H and O–H groups in total. The lowest BCUT2D eigenvalue weighted by Gasteiger charge is -2.36. The number of amides is 2. The van der Waals surface area contributed by atoms with Gasteiger partial charge in [0.2, 0.25) is 10.0 Å². The number of esters is 1. The molecule has 2 heterocycles. The van der Waals surface area contributed by atoms with Gasteiger partial charge in [-0.15, -0.1) is 0 Å². The Bertz CT molecular complexity index is 934. The Balaban J connectivity index is 1.69. The number of urea groups is 1. The van der Waals surface area contributed by atoms with Crippen LogP contribution in [0.5, 0.6) is 0 Å². The summed E-state index contributed by atoms with van der Waals surface area (Å²) >= 11 is 0. The fourth-order valence-electron chi connectivity index (χ4n) is 3.62. The van der Waals surface area contributed by atoms with Crippen molar-refractivity contribution in [1.29, 1.82) is 0 Å². The van der Waals surface area contributed by atoms with Crippen molar-refractivity contribution in [1.82, 2.24) is 19.8 Å². The quantitative estimate of drug-likeness (QED) is 0.640. The molecule has 164 valence electrons. The van der Waals surface area contributed by atoms with Crippen LogP contribution in [0.2, 0.25) is 0 Å². The highest BCUT2D eigenvalue weighted by atomic mass is 32.2. The van der Waals surface area contributed by atoms with Crippen molar-refractivity contribution in [2.24, 2.45) is 0 Å². The van der Waals surface area contributed by atoms with E-state index in [4.69, 9.17) is 4.74 Å². The molecule has 0 aromatic heterocycles. The lowest BCUT2D eigenvalue weighted by Crippen LogP contribution is -2.54. The lowest BCUT2D eigenvalue weighted by atomic mass is 10.0. The summed E-state index contributed by atoms with van der Waals surface area (Å²) in [5.74, 6) is -0.465. The summed E-state index contributed by atoms with van der Waals surface area (Å²) in [5, 5.41) is 5.38. The molecular weight excluding hydrogens is 408 g/mol. The topological polar surface area (TPSA) is 108 Å². The third kappa shape index (κ3) is 4.82. The Morgan fingerprint density at radius 1 is 1.17 bits per heavy atom. The van der Waals surface area contributed by atoms with Crippen molar-refractivity contribution in [3.63, 3.8) is 0 Å². The van der Waals surface area contributed by atoms with Crippen LogP contribution in [0.4, 0.5) is 4.79 Å². The second-order valence-electron chi connectivity index (χ2n) is 7.43. The number of aryl methyl sites for hydroxylation is 1. The Kier molecular flexibility index (Phi) is 6.79. The fourth-order valence-corrected chi connectivity index (χ4v) is 5.04. The van der Waals surface area contributed by atoms with Crippen LogP contribution in [0.15, 0.2) is 40.4 Å². The van der Waals surface area contributed by atoms with Gasteiger partial charge in [0.25, 0.3) is 0 Å². The lowest BCUT2D eigenvalue weighted by molar-refractivity contribution is -0.139. The van der Waals surface area contributed by atoms with Crippen LogP contribution in [-0.2, 0) is 19.6 Å². The summed E-state index contributed by atoms with van der Waals surface area (Å²) in [7, 11) is -3.54. The number of rotatable bonds is 6. The smallest absolute Gasteiger partial charge is 0.337 e. The molecule has 1 saturated heterocycles. The van der Waals surface area contributed by atoms with Crippen LogP contribution in [-0.4, -0.2) is 75.0 Å². The third-order valence-electron chi connectivity index (χ3n) is 5.24. The third-order valence-corrected chi connectivity index (χ3v) is 7.15. The molecule has 30 heavy (non-hydrogen) atoms. The van der Waals surface area contributed by atoms with Crippen molar-refractivity contribution < 1.29 is 22.7 Å². The molecule has 0 aliphatic carbocycles. The number of sulfonamides is 1. The first-order valence-corrected chi connectivity index (χ1v) is 11.4. The predicted molar refractivity (Wildman–Crippen MR) is 111 cm³/mol. The number of carbonyl (C=O) groups is 2. The predicted octanol–water partition coefficient (Wildman–Crippen LogP) is 0.820. The van der Waals surface area contributed by atoms with E-state index < -0.39 is 22.0 Å². The number of ether oxygens (including phenoxy) is 1. The zero-order valence-electron chi connectivity index (χ0n) is 17.5. The van der Waals surface area contributed by atoms with Crippen LogP contribution in [0.1, 0.15) is 19.4 Å². The first kappa shape index (κ1) is 22.3. The molecule has 1 aromatic carbocycles. The number of nitrogens with zero attached hydrogens (tertiary/aromatic N) is 2. The molecule has 1 atom stereocenters. The highest BCUT2D eigenvalue weighted by molar-refractivity contribution is 7.89. The van der Waals surface area contributed by atoms with Gasteiger partial charge in [0.15, 0.2) is 0 Å². The van der Waals surface area contributed by atoms with Crippen LogP contribution in [0.25, 0.3) is 0 Å². The first-order chi connectivity index (χ1) is 14.2. The normalized spacial score (nSPS) is 21.2. The van der Waals surface area contributed by atoms with Crippen molar-refractivity contribution in [2.75, 3.05) is 39.3 Å². The van der Waals surface area contributed by atoms with Crippen molar-refractivity contribution in [2.45, 2.75) is 31.7 Å². The number of carbonyl (C=O) groups excluding carboxylic acids is 2. The maximum atomic E-state index is 12.9. The minimum atomic E-state index is -3.54. The van der Waals surface area contributed by atoms with E-state index in [1.807, 2.05) is 11.8 Å². The Morgan fingerprint density at radius 3 is 2.40 bits per heavy atom. The molecule has 1 aromatic rings. The maximum Gasteiger partial charge on any atom is 0.337 e. The van der Waals surface area contributed by atoms with Gasteiger partial charge in [-0.05, 0) is 32.9 Å². The minimum absolute atomic E-state index is 0.242. The molecule has 0 spiro atoms. The minimum Gasteiger partial charge on any atom is -0.463 e. The Hall–Kier alpha value is -2.43. The number of hydrogen-bond acceptors (Lipinski definition) is 6. The highest BCUT2D eigenvalue weighted by Crippen LogP contribution is 2.20. The van der Waals surface area contributed by atoms with E-state index >= 15 is 0 Å². The van der Waals surface area contributed by atoms with Gasteiger partial charge in [-0.1, -0.05) is 17.7 Å². The molecule has 0 saturated carbocycles. The summed E-state index contributed by atoms with van der Waals surface area (Å²) in [4.78, 5) is 26.6. The van der Waals surface area contributed by atoms with E-state index in [0.29, 0.717) is 44.0 Å². The molecule has 10 heteroatoms. The Labute approximate surface area is 177 Å². The van der Waals surface area contributed by atoms with Crippen LogP contribution in [0, 0.1) is 6.92 Å². The van der Waals surface area contributed by atoms with E-state index in [1.165, 1.54) is 4.31 Å². The van der Waals surface area contributed by atoms with E-state index in [-0.39, 0.29) is 17.5 Å². The molecule has 0 bridgehead atoms. The average Bonchev–Trinajstić information content (AvgIpc) is 2.68. The molecule has 1 fully saturated rings. The van der Waals surface area contributed by atoms with Crippen molar-refractivity contribution in [3.8, 4) is 0 Å². The van der Waals surface area contributed by atoms with E-state index in [2.05, 4.69) is 10.6 Å². The van der Waals surface area contributed by atoms with E-state index in [1.54, 1.807) is 38.1 Å². The van der Waals surface area contributed by atoms with Gasteiger partial charge >= 0.3 is 12.0 Å². The SMILES string of the molecule is CCOC(=O)C1=C(CN2CCN(S(=O)(=O)c3ccc(C)cc3)CC2)NC(=O)N[C@@H]1C. The average molecular weight is 437 g/mol. The molecule has 0 radical (unpaired) electrons. The summed E-state index contributed by atoms with van der Waals surface area (Å²) < 4.78 is 32.3. The van der Waals surface area contributed by atoms with Crippen LogP contribution in [0.3, 0.4) is 0 Å². The fraction of sp³-hybridized carbons (Fsp3) is 0.500. The standard InChI is InChI=1S/C20H28N4O5S/c1-4-29-19(25)18-15(3)21-20(26)22-17(18)13-23-9-11-24(12-10-23)30(27,28)16-7-5-14(2)6-8-16/h5-8,15H,4,9-13H2,1-3H3,(H2,21,22,26)/t15-/m1/s1. The van der Waals surface area contributed by atoms with Gasteiger partial charge in [-0.2, -0.15) is 4.31 Å². The number of hydrogen-bond donors (Lipinski definition) is 2. The van der Waals surface area contributed by atoms with Gasteiger partial charge in [0.1, 0.15) is 0 Å². The molecule has 2 aliphatic rings. The molecule has 9 nitrogen and oxygen atoms in total. The second kappa shape index (κ2) is 9.15. The summed E-state index contributed by atoms with van der Waals surface area (Å²) in [5.41, 5.74) is 1.90. The summed E-state index contributed by atoms with van der Waals surface area (Å²) in [6, 6.07) is 5.99. The number of nitrogens with one attached hydrogen (secondary N) is 2. The monoisotopic (exact) mass is 436 g/mol. The molecule has 2 aliphatic heterocycles. The zero-order valence-corrected chi connectivity index (χ0v) is 18.3. The van der Waals surface area contributed by atoms with Crippen LogP contribution >= 0.6 is 0 Å². The van der Waals surface area contributed by atoms with Gasteiger partial charge in [-0.3, -0.25) is 4.90 Å². The van der Waals surface area contributed by atoms with E-state index in [9.17, 15) is 18.0 Å². The van der Waals surface area contributed by atoms with Crippen molar-refractivity contribution in [3.05, 3.63) is 41.1 Å². The summed E-state index contributed by atoms with van der Waals surface area (Å²) in [6.45, 7) is 7.60. The van der Waals surface area contributed by atoms with Gasteiger partial charge in [0, 0.05) is 38.4 Å².